The van der Waals surface area contributed by atoms with Crippen molar-refractivity contribution in [3.63, 3.8) is 0 Å². The van der Waals surface area contributed by atoms with Gasteiger partial charge in [0, 0.05) is 0 Å². The number of aromatic nitrogens is 2. The smallest absolute Gasteiger partial charge is 0.318 e. The predicted octanol–water partition coefficient (Wildman–Crippen LogP) is 4.61. The number of hydrogen-bond donors (Lipinski definition) is 1. The van der Waals surface area contributed by atoms with Crippen LogP contribution in [0.15, 0.2) is 36.5 Å². The fraction of sp³-hybridized carbons (Fsp3) is 0.412. The van der Waals surface area contributed by atoms with Gasteiger partial charge in [-0.05, 0) is 23.7 Å². The lowest BCUT2D eigenvalue weighted by Crippen LogP contribution is -2.42. The molecule has 1 heterocycles. The fourth-order valence-corrected chi connectivity index (χ4v) is 5.20. The Balaban J connectivity index is 2.12. The van der Waals surface area contributed by atoms with Crippen LogP contribution < -0.4 is 9.72 Å². The number of benzene rings is 1. The first-order chi connectivity index (χ1) is 11.1. The molecule has 0 amide bonds. The van der Waals surface area contributed by atoms with Crippen molar-refractivity contribution in [2.24, 2.45) is 0 Å². The molecule has 0 spiro atoms. The zero-order chi connectivity index (χ0) is 16.7. The van der Waals surface area contributed by atoms with E-state index < -0.39 is 14.1 Å². The minimum atomic E-state index is -1.74. The average Bonchev–Trinajstić information content (AvgIpc) is 2.61. The Bertz CT molecular complexity index is 612. The molecule has 1 aromatic heterocycles. The van der Waals surface area contributed by atoms with Gasteiger partial charge in [-0.3, -0.25) is 0 Å². The number of nitrogens with zero attached hydrogens (tertiary/aromatic N) is 2. The summed E-state index contributed by atoms with van der Waals surface area (Å²) in [5, 5.41) is 0. The number of anilines is 1. The molecule has 4 nitrogen and oxygen atoms in total. The van der Waals surface area contributed by atoms with Crippen LogP contribution in [-0.2, 0) is 6.61 Å². The maximum Gasteiger partial charge on any atom is 0.318 e. The summed E-state index contributed by atoms with van der Waals surface area (Å²) in [6, 6.07) is 13.1. The molecule has 0 aliphatic heterocycles. The molecule has 1 N–H and O–H groups in total. The van der Waals surface area contributed by atoms with Crippen LogP contribution in [0, 0.1) is 5.82 Å². The van der Waals surface area contributed by atoms with Crippen LogP contribution in [0.3, 0.4) is 0 Å². The monoisotopic (exact) mass is 333 g/mol. The first-order valence-electron chi connectivity index (χ1n) is 8.10. The molecule has 0 unspecified atom stereocenters. The molecule has 0 fully saturated rings. The largest absolute Gasteiger partial charge is 0.459 e. The third-order valence-corrected chi connectivity index (χ3v) is 9.17. The van der Waals surface area contributed by atoms with Crippen LogP contribution in [0.1, 0.15) is 26.3 Å². The second-order valence-corrected chi connectivity index (χ2v) is 10.5. The molecule has 1 aromatic carbocycles. The SMILES string of the molecule is CC[Si](CC)(CC)Nc1nc(OCc2ccccc2)ncc1F. The fourth-order valence-electron chi connectivity index (χ4n) is 2.50. The van der Waals surface area contributed by atoms with E-state index >= 15 is 0 Å². The zero-order valence-electron chi connectivity index (χ0n) is 14.0. The number of rotatable bonds is 8. The van der Waals surface area contributed by atoms with Crippen LogP contribution in [0.25, 0.3) is 0 Å². The molecular formula is C17H24FN3OSi. The van der Waals surface area contributed by atoms with E-state index in [1.165, 1.54) is 6.20 Å². The van der Waals surface area contributed by atoms with Crippen LogP contribution in [0.4, 0.5) is 10.2 Å². The maximum atomic E-state index is 14.1. The topological polar surface area (TPSA) is 47.0 Å². The van der Waals surface area contributed by atoms with Gasteiger partial charge >= 0.3 is 6.01 Å². The summed E-state index contributed by atoms with van der Waals surface area (Å²) in [6.07, 6.45) is 1.18. The highest BCUT2D eigenvalue weighted by Gasteiger charge is 2.29. The second kappa shape index (κ2) is 8.06. The standard InChI is InChI=1S/C17H24FN3OSi/c1-4-23(5-2,6-3)21-16-15(18)12-19-17(20-16)22-13-14-10-8-7-9-11-14/h7-12H,4-6,13H2,1-3H3,(H,19,20,21). The van der Waals surface area contributed by atoms with Crippen molar-refractivity contribution >= 4 is 14.1 Å². The van der Waals surface area contributed by atoms with E-state index in [2.05, 4.69) is 35.7 Å². The van der Waals surface area contributed by atoms with Gasteiger partial charge in [-0.15, -0.1) is 0 Å². The Morgan fingerprint density at radius 2 is 1.74 bits per heavy atom. The van der Waals surface area contributed by atoms with Gasteiger partial charge in [0.05, 0.1) is 6.20 Å². The van der Waals surface area contributed by atoms with Gasteiger partial charge in [-0.1, -0.05) is 51.1 Å². The third kappa shape index (κ3) is 4.51. The molecule has 0 atom stereocenters. The Hall–Kier alpha value is -1.95. The quantitative estimate of drug-likeness (QED) is 0.717. The van der Waals surface area contributed by atoms with E-state index in [0.717, 1.165) is 23.7 Å². The highest BCUT2D eigenvalue weighted by molar-refractivity contribution is 6.82. The van der Waals surface area contributed by atoms with Crippen molar-refractivity contribution in [2.75, 3.05) is 4.98 Å². The summed E-state index contributed by atoms with van der Waals surface area (Å²) in [6.45, 7) is 6.82. The van der Waals surface area contributed by atoms with Gasteiger partial charge in [0.1, 0.15) is 6.61 Å². The van der Waals surface area contributed by atoms with E-state index in [-0.39, 0.29) is 11.8 Å². The summed E-state index contributed by atoms with van der Waals surface area (Å²) in [7, 11) is -1.74. The molecule has 0 bridgehead atoms. The molecule has 0 saturated carbocycles. The number of halogens is 1. The molecule has 23 heavy (non-hydrogen) atoms. The molecule has 0 aliphatic rings. The lowest BCUT2D eigenvalue weighted by molar-refractivity contribution is 0.280. The number of nitrogens with one attached hydrogen (secondary N) is 1. The highest BCUT2D eigenvalue weighted by Crippen LogP contribution is 2.24. The van der Waals surface area contributed by atoms with Crippen LogP contribution in [0.2, 0.25) is 18.1 Å². The summed E-state index contributed by atoms with van der Waals surface area (Å²) in [5.41, 5.74) is 1.02. The van der Waals surface area contributed by atoms with Gasteiger partial charge in [0.25, 0.3) is 0 Å². The van der Waals surface area contributed by atoms with Crippen molar-refractivity contribution in [1.29, 1.82) is 0 Å². The lowest BCUT2D eigenvalue weighted by Gasteiger charge is -2.29. The molecule has 0 saturated heterocycles. The summed E-state index contributed by atoms with van der Waals surface area (Å²) in [4.78, 5) is 11.5. The number of hydrogen-bond acceptors (Lipinski definition) is 4. The van der Waals surface area contributed by atoms with Gasteiger partial charge in [-0.25, -0.2) is 9.37 Å². The first-order valence-corrected chi connectivity index (χ1v) is 10.7. The first kappa shape index (κ1) is 17.4. The van der Waals surface area contributed by atoms with Crippen molar-refractivity contribution in [2.45, 2.75) is 45.5 Å². The average molecular weight is 333 g/mol. The minimum Gasteiger partial charge on any atom is -0.459 e. The summed E-state index contributed by atoms with van der Waals surface area (Å²) < 4.78 is 19.6. The third-order valence-electron chi connectivity index (χ3n) is 4.35. The zero-order valence-corrected chi connectivity index (χ0v) is 15.0. The Kier molecular flexibility index (Phi) is 6.09. The Labute approximate surface area is 138 Å². The Morgan fingerprint density at radius 1 is 1.09 bits per heavy atom. The van der Waals surface area contributed by atoms with Gasteiger partial charge in [-0.2, -0.15) is 4.98 Å². The normalized spacial score (nSPS) is 11.3. The van der Waals surface area contributed by atoms with Crippen molar-refractivity contribution < 1.29 is 9.13 Å². The highest BCUT2D eigenvalue weighted by atomic mass is 28.3. The van der Waals surface area contributed by atoms with Gasteiger partial charge < -0.3 is 9.72 Å². The molecule has 0 aliphatic carbocycles. The summed E-state index contributed by atoms with van der Waals surface area (Å²) in [5.74, 6) is -0.162. The van der Waals surface area contributed by atoms with E-state index in [1.807, 2.05) is 30.3 Å². The molecule has 2 rings (SSSR count). The van der Waals surface area contributed by atoms with E-state index in [1.54, 1.807) is 0 Å². The molecule has 2 aromatic rings. The van der Waals surface area contributed by atoms with Crippen molar-refractivity contribution in [1.82, 2.24) is 9.97 Å². The van der Waals surface area contributed by atoms with E-state index in [9.17, 15) is 4.39 Å². The minimum absolute atomic E-state index is 0.198. The van der Waals surface area contributed by atoms with E-state index in [0.29, 0.717) is 6.61 Å². The van der Waals surface area contributed by atoms with Crippen molar-refractivity contribution in [3.05, 3.63) is 47.9 Å². The van der Waals surface area contributed by atoms with E-state index in [4.69, 9.17) is 4.74 Å². The van der Waals surface area contributed by atoms with Gasteiger partial charge in [0.2, 0.25) is 0 Å². The van der Waals surface area contributed by atoms with Gasteiger partial charge in [0.15, 0.2) is 19.9 Å². The lowest BCUT2D eigenvalue weighted by atomic mass is 10.2. The maximum absolute atomic E-state index is 14.1. The van der Waals surface area contributed by atoms with Crippen LogP contribution >= 0.6 is 0 Å². The van der Waals surface area contributed by atoms with Crippen molar-refractivity contribution in [3.8, 4) is 6.01 Å². The summed E-state index contributed by atoms with van der Waals surface area (Å²) >= 11 is 0. The molecule has 6 heteroatoms. The molecular weight excluding hydrogens is 309 g/mol. The second-order valence-electron chi connectivity index (χ2n) is 5.59. The number of ether oxygens (including phenoxy) is 1. The molecule has 0 radical (unpaired) electrons. The molecule has 124 valence electrons. The van der Waals surface area contributed by atoms with Crippen LogP contribution in [-0.4, -0.2) is 18.2 Å². The predicted molar refractivity (Wildman–Crippen MR) is 93.6 cm³/mol. The van der Waals surface area contributed by atoms with Crippen LogP contribution in [0.5, 0.6) is 6.01 Å². The Morgan fingerprint density at radius 3 is 2.35 bits per heavy atom.